The Kier molecular flexibility index (Phi) is 4.62. The largest absolute Gasteiger partial charge is 0.507 e. The van der Waals surface area contributed by atoms with E-state index in [1.807, 2.05) is 5.32 Å². The molecule has 0 aliphatic carbocycles. The van der Waals surface area contributed by atoms with Crippen molar-refractivity contribution in [3.8, 4) is 5.75 Å². The summed E-state index contributed by atoms with van der Waals surface area (Å²) in [5, 5.41) is 12.9. The van der Waals surface area contributed by atoms with Crippen molar-refractivity contribution < 1.29 is 23.1 Å². The van der Waals surface area contributed by atoms with Crippen LogP contribution in [0.25, 0.3) is 10.8 Å². The zero-order valence-electron chi connectivity index (χ0n) is 10.8. The maximum absolute atomic E-state index is 12.0. The number of fused-ring (bicyclic) bond motifs is 1. The summed E-state index contributed by atoms with van der Waals surface area (Å²) < 4.78 is 35.9. The van der Waals surface area contributed by atoms with Gasteiger partial charge in [-0.3, -0.25) is 4.79 Å². The molecule has 0 unspecified atom stereocenters. The molecule has 0 bridgehead atoms. The molecule has 2 aromatic carbocycles. The molecule has 3 nitrogen and oxygen atoms in total. The molecular weight excluding hydrogens is 303 g/mol. The average molecular weight is 315 g/mol. The number of hydrogen-bond acceptors (Lipinski definition) is 3. The van der Waals surface area contributed by atoms with Crippen LogP contribution in [0.5, 0.6) is 5.75 Å². The van der Waals surface area contributed by atoms with Crippen LogP contribution in [0.2, 0.25) is 0 Å². The summed E-state index contributed by atoms with van der Waals surface area (Å²) in [6.45, 7) is -1.33. The standard InChI is InChI=1S/C14H12F3NO2S/c15-14(16,17)8-18-13(20)7-21-12-6-5-11(19)9-3-1-2-4-10(9)12/h1-6,19H,7-8H2,(H,18,20). The van der Waals surface area contributed by atoms with Gasteiger partial charge in [0.1, 0.15) is 12.3 Å². The summed E-state index contributed by atoms with van der Waals surface area (Å²) in [7, 11) is 0. The topological polar surface area (TPSA) is 49.3 Å². The fourth-order valence-electron chi connectivity index (χ4n) is 1.77. The van der Waals surface area contributed by atoms with Gasteiger partial charge in [-0.25, -0.2) is 0 Å². The maximum atomic E-state index is 12.0. The molecule has 0 aromatic heterocycles. The third kappa shape index (κ3) is 4.29. The van der Waals surface area contributed by atoms with Gasteiger partial charge in [-0.2, -0.15) is 13.2 Å². The zero-order chi connectivity index (χ0) is 15.5. The van der Waals surface area contributed by atoms with Gasteiger partial charge in [0.25, 0.3) is 0 Å². The van der Waals surface area contributed by atoms with Crippen LogP contribution in [-0.4, -0.2) is 29.5 Å². The maximum Gasteiger partial charge on any atom is 0.405 e. The van der Waals surface area contributed by atoms with E-state index in [1.54, 1.807) is 30.3 Å². The Morgan fingerprint density at radius 3 is 2.48 bits per heavy atom. The molecule has 0 fully saturated rings. The number of thioether (sulfide) groups is 1. The number of hydrogen-bond donors (Lipinski definition) is 2. The van der Waals surface area contributed by atoms with Gasteiger partial charge in [0.15, 0.2) is 0 Å². The molecule has 0 saturated carbocycles. The summed E-state index contributed by atoms with van der Waals surface area (Å²) >= 11 is 1.13. The normalized spacial score (nSPS) is 11.6. The van der Waals surface area contributed by atoms with Crippen molar-refractivity contribution >= 4 is 28.4 Å². The number of halogens is 3. The second-order valence-electron chi connectivity index (χ2n) is 4.31. The predicted octanol–water partition coefficient (Wildman–Crippen LogP) is 3.32. The molecule has 21 heavy (non-hydrogen) atoms. The van der Waals surface area contributed by atoms with Crippen molar-refractivity contribution in [3.05, 3.63) is 36.4 Å². The Balaban J connectivity index is 2.04. The summed E-state index contributed by atoms with van der Waals surface area (Å²) in [4.78, 5) is 12.1. The highest BCUT2D eigenvalue weighted by atomic mass is 32.2. The van der Waals surface area contributed by atoms with Crippen LogP contribution >= 0.6 is 11.8 Å². The molecule has 2 aromatic rings. The summed E-state index contributed by atoms with van der Waals surface area (Å²) in [5.41, 5.74) is 0. The molecule has 1 amide bonds. The first-order valence-corrected chi connectivity index (χ1v) is 7.02. The average Bonchev–Trinajstić information content (AvgIpc) is 2.44. The fourth-order valence-corrected chi connectivity index (χ4v) is 2.66. The second-order valence-corrected chi connectivity index (χ2v) is 5.33. The SMILES string of the molecule is O=C(CSc1ccc(O)c2ccccc12)NCC(F)(F)F. The first-order valence-electron chi connectivity index (χ1n) is 6.04. The minimum atomic E-state index is -4.41. The van der Waals surface area contributed by atoms with Crippen molar-refractivity contribution in [2.75, 3.05) is 12.3 Å². The number of carbonyl (C=O) groups is 1. The minimum absolute atomic E-state index is 0.120. The van der Waals surface area contributed by atoms with E-state index in [-0.39, 0.29) is 11.5 Å². The lowest BCUT2D eigenvalue weighted by atomic mass is 10.1. The number of phenolic OH excluding ortho intramolecular Hbond substituents is 1. The van der Waals surface area contributed by atoms with Crippen molar-refractivity contribution in [1.29, 1.82) is 0 Å². The highest BCUT2D eigenvalue weighted by molar-refractivity contribution is 8.00. The first-order chi connectivity index (χ1) is 9.87. The van der Waals surface area contributed by atoms with Crippen molar-refractivity contribution in [2.24, 2.45) is 0 Å². The lowest BCUT2D eigenvalue weighted by Gasteiger charge is -2.09. The molecule has 0 heterocycles. The Labute approximate surface area is 123 Å². The van der Waals surface area contributed by atoms with E-state index < -0.39 is 18.6 Å². The van der Waals surface area contributed by atoms with Crippen molar-refractivity contribution in [3.63, 3.8) is 0 Å². The van der Waals surface area contributed by atoms with Gasteiger partial charge < -0.3 is 10.4 Å². The lowest BCUT2D eigenvalue weighted by molar-refractivity contribution is -0.136. The van der Waals surface area contributed by atoms with Gasteiger partial charge >= 0.3 is 6.18 Å². The summed E-state index contributed by atoms with van der Waals surface area (Å²) in [5.74, 6) is -0.684. The van der Waals surface area contributed by atoms with E-state index in [4.69, 9.17) is 0 Å². The molecule has 112 valence electrons. The molecule has 0 radical (unpaired) electrons. The van der Waals surface area contributed by atoms with Crippen LogP contribution < -0.4 is 5.32 Å². The number of alkyl halides is 3. The number of rotatable bonds is 4. The molecule has 0 saturated heterocycles. The van der Waals surface area contributed by atoms with E-state index >= 15 is 0 Å². The lowest BCUT2D eigenvalue weighted by Crippen LogP contribution is -2.34. The van der Waals surface area contributed by atoms with E-state index in [0.29, 0.717) is 5.39 Å². The molecule has 0 aliphatic heterocycles. The molecule has 0 atom stereocenters. The smallest absolute Gasteiger partial charge is 0.405 e. The number of amides is 1. The second kappa shape index (κ2) is 6.26. The first kappa shape index (κ1) is 15.5. The van der Waals surface area contributed by atoms with Gasteiger partial charge in [-0.15, -0.1) is 11.8 Å². The number of benzene rings is 2. The van der Waals surface area contributed by atoms with E-state index in [0.717, 1.165) is 22.0 Å². The van der Waals surface area contributed by atoms with Crippen molar-refractivity contribution in [1.82, 2.24) is 5.32 Å². The monoisotopic (exact) mass is 315 g/mol. The van der Waals surface area contributed by atoms with Crippen LogP contribution in [0.4, 0.5) is 13.2 Å². The Morgan fingerprint density at radius 1 is 1.14 bits per heavy atom. The summed E-state index contributed by atoms with van der Waals surface area (Å²) in [6, 6.07) is 10.2. The highest BCUT2D eigenvalue weighted by Crippen LogP contribution is 2.33. The van der Waals surface area contributed by atoms with Gasteiger partial charge in [0.2, 0.25) is 5.91 Å². The third-order valence-corrected chi connectivity index (χ3v) is 3.78. The number of carbonyl (C=O) groups excluding carboxylic acids is 1. The Morgan fingerprint density at radius 2 is 1.81 bits per heavy atom. The number of aromatic hydroxyl groups is 1. The fraction of sp³-hybridized carbons (Fsp3) is 0.214. The van der Waals surface area contributed by atoms with Crippen LogP contribution in [0, 0.1) is 0 Å². The molecule has 7 heteroatoms. The zero-order valence-corrected chi connectivity index (χ0v) is 11.6. The van der Waals surface area contributed by atoms with Gasteiger partial charge in [0.05, 0.1) is 5.75 Å². The van der Waals surface area contributed by atoms with E-state index in [2.05, 4.69) is 0 Å². The Hall–Kier alpha value is -1.89. The van der Waals surface area contributed by atoms with Crippen LogP contribution in [-0.2, 0) is 4.79 Å². The van der Waals surface area contributed by atoms with Gasteiger partial charge in [0, 0.05) is 10.3 Å². The summed E-state index contributed by atoms with van der Waals surface area (Å²) in [6.07, 6.45) is -4.41. The molecule has 2 rings (SSSR count). The molecular formula is C14H12F3NO2S. The van der Waals surface area contributed by atoms with Gasteiger partial charge in [-0.05, 0) is 17.5 Å². The van der Waals surface area contributed by atoms with E-state index in [9.17, 15) is 23.1 Å². The number of nitrogens with one attached hydrogen (secondary N) is 1. The minimum Gasteiger partial charge on any atom is -0.507 e. The Bertz CT molecular complexity index is 658. The van der Waals surface area contributed by atoms with Gasteiger partial charge in [-0.1, -0.05) is 24.3 Å². The van der Waals surface area contributed by atoms with Crippen LogP contribution in [0.3, 0.4) is 0 Å². The van der Waals surface area contributed by atoms with Crippen LogP contribution in [0.1, 0.15) is 0 Å². The van der Waals surface area contributed by atoms with E-state index in [1.165, 1.54) is 6.07 Å². The number of phenols is 1. The van der Waals surface area contributed by atoms with Crippen molar-refractivity contribution in [2.45, 2.75) is 11.1 Å². The molecule has 0 aliphatic rings. The predicted molar refractivity (Wildman–Crippen MR) is 75.4 cm³/mol. The van der Waals surface area contributed by atoms with Crippen LogP contribution in [0.15, 0.2) is 41.3 Å². The molecule has 0 spiro atoms. The highest BCUT2D eigenvalue weighted by Gasteiger charge is 2.27. The molecule has 2 N–H and O–H groups in total. The quantitative estimate of drug-likeness (QED) is 0.851. The third-order valence-electron chi connectivity index (χ3n) is 2.71.